The molecule has 8 nitrogen and oxygen atoms in total. The van der Waals surface area contributed by atoms with Crippen molar-refractivity contribution in [3.05, 3.63) is 101 Å². The summed E-state index contributed by atoms with van der Waals surface area (Å²) >= 11 is 0. The second kappa shape index (κ2) is 9.42. The molecule has 0 radical (unpaired) electrons. The van der Waals surface area contributed by atoms with E-state index in [-0.39, 0.29) is 17.8 Å². The van der Waals surface area contributed by atoms with E-state index in [0.717, 1.165) is 27.1 Å². The Morgan fingerprint density at radius 1 is 1.05 bits per heavy atom. The lowest BCUT2D eigenvalue weighted by molar-refractivity contribution is -0.120. The Hall–Kier alpha value is -4.50. The van der Waals surface area contributed by atoms with E-state index < -0.39 is 35.7 Å². The van der Waals surface area contributed by atoms with Crippen LogP contribution in [0.3, 0.4) is 0 Å². The molecule has 4 aromatic rings. The number of carbonyl (C=O) groups excluding carboxylic acids is 3. The Morgan fingerprint density at radius 2 is 1.79 bits per heavy atom. The molecule has 1 aromatic heterocycles. The zero-order valence-electron chi connectivity index (χ0n) is 20.6. The minimum absolute atomic E-state index is 0.215. The highest BCUT2D eigenvalue weighted by atomic mass is 19.1. The lowest BCUT2D eigenvalue weighted by Gasteiger charge is -2.36. The Labute approximate surface area is 218 Å². The highest BCUT2D eigenvalue weighted by molar-refractivity contribution is 6.24. The van der Waals surface area contributed by atoms with E-state index in [0.29, 0.717) is 18.6 Å². The number of para-hydroxylation sites is 2. The number of amides is 4. The summed E-state index contributed by atoms with van der Waals surface area (Å²) in [5, 5.41) is 3.74. The smallest absolute Gasteiger partial charge is 0.332 e. The molecule has 2 aliphatic rings. The lowest BCUT2D eigenvalue weighted by Crippen LogP contribution is -2.44. The predicted molar refractivity (Wildman–Crippen MR) is 139 cm³/mol. The van der Waals surface area contributed by atoms with Crippen LogP contribution in [0.1, 0.15) is 33.2 Å². The second-order valence-electron chi connectivity index (χ2n) is 9.37. The molecule has 38 heavy (non-hydrogen) atoms. The van der Waals surface area contributed by atoms with E-state index in [9.17, 15) is 18.8 Å². The normalized spacial score (nSPS) is 18.6. The predicted octanol–water partition coefficient (Wildman–Crippen LogP) is 4.17. The molecule has 0 spiro atoms. The molecule has 2 atom stereocenters. The maximum atomic E-state index is 14.1. The monoisotopic (exact) mass is 512 g/mol. The van der Waals surface area contributed by atoms with Gasteiger partial charge >= 0.3 is 6.03 Å². The van der Waals surface area contributed by atoms with Gasteiger partial charge in [-0.25, -0.2) is 14.1 Å². The number of rotatable bonds is 6. The zero-order valence-corrected chi connectivity index (χ0v) is 20.6. The van der Waals surface area contributed by atoms with Gasteiger partial charge in [-0.2, -0.15) is 0 Å². The first-order valence-corrected chi connectivity index (χ1v) is 12.4. The number of imide groups is 1. The number of anilines is 1. The number of H-pyrrole nitrogens is 1. The Morgan fingerprint density at radius 3 is 2.58 bits per heavy atom. The van der Waals surface area contributed by atoms with Crippen LogP contribution in [0, 0.1) is 5.82 Å². The summed E-state index contributed by atoms with van der Waals surface area (Å²) in [5.74, 6) is -1.21. The Kier molecular flexibility index (Phi) is 5.92. The van der Waals surface area contributed by atoms with Crippen molar-refractivity contribution in [3.8, 4) is 0 Å². The lowest BCUT2D eigenvalue weighted by atomic mass is 9.89. The fraction of sp³-hybridized carbons (Fsp3) is 0.207. The van der Waals surface area contributed by atoms with Crippen LogP contribution in [-0.2, 0) is 16.0 Å². The first-order chi connectivity index (χ1) is 18.5. The number of fused-ring (bicyclic) bond motifs is 4. The maximum absolute atomic E-state index is 14.1. The average Bonchev–Trinajstić information content (AvgIpc) is 3.42. The third-order valence-corrected chi connectivity index (χ3v) is 7.22. The molecule has 0 bridgehead atoms. The third kappa shape index (κ3) is 3.74. The van der Waals surface area contributed by atoms with Crippen LogP contribution in [0.5, 0.6) is 0 Å². The number of aromatic amines is 1. The largest absolute Gasteiger partial charge is 0.383 e. The number of hydrogen-bond donors (Lipinski definition) is 2. The van der Waals surface area contributed by atoms with E-state index in [1.807, 2.05) is 24.3 Å². The van der Waals surface area contributed by atoms with Crippen LogP contribution in [0.2, 0.25) is 0 Å². The van der Waals surface area contributed by atoms with Gasteiger partial charge in [-0.15, -0.1) is 0 Å². The molecule has 4 amide bonds. The van der Waals surface area contributed by atoms with Crippen molar-refractivity contribution in [2.75, 3.05) is 25.2 Å². The molecule has 2 N–H and O–H groups in total. The third-order valence-electron chi connectivity index (χ3n) is 7.22. The molecular formula is C29H25FN4O4. The topological polar surface area (TPSA) is 94.7 Å². The Balaban J connectivity index is 1.45. The fourth-order valence-corrected chi connectivity index (χ4v) is 5.51. The van der Waals surface area contributed by atoms with Crippen LogP contribution in [0.25, 0.3) is 10.9 Å². The van der Waals surface area contributed by atoms with Crippen LogP contribution >= 0.6 is 0 Å². The number of nitrogens with zero attached hydrogens (tertiary/aromatic N) is 2. The van der Waals surface area contributed by atoms with E-state index in [1.165, 1.54) is 19.2 Å². The zero-order chi connectivity index (χ0) is 26.4. The number of methoxy groups -OCH3 is 1. The van der Waals surface area contributed by atoms with E-state index in [1.54, 1.807) is 41.3 Å². The summed E-state index contributed by atoms with van der Waals surface area (Å²) in [6.07, 6.45) is 0.320. The van der Waals surface area contributed by atoms with Gasteiger partial charge in [0.2, 0.25) is 0 Å². The number of hydrogen-bond acceptors (Lipinski definition) is 4. The molecule has 1 fully saturated rings. The fourth-order valence-electron chi connectivity index (χ4n) is 5.51. The van der Waals surface area contributed by atoms with Crippen molar-refractivity contribution in [3.63, 3.8) is 0 Å². The van der Waals surface area contributed by atoms with Gasteiger partial charge in [-0.3, -0.25) is 14.5 Å². The standard InChI is InChI=1S/C29H25FN4O4/c1-38-15-14-31-27(35)20-7-3-5-9-23(20)34-28(36)24-16-21-19-6-2-4-8-22(19)32-25(21)26(33(24)29(34)37)17-10-12-18(30)13-11-17/h2-13,24,26,32H,14-16H2,1H3,(H,31,35)/t24-,26-/m0/s1. The van der Waals surface area contributed by atoms with Gasteiger partial charge in [-0.1, -0.05) is 42.5 Å². The second-order valence-corrected chi connectivity index (χ2v) is 9.37. The molecule has 0 unspecified atom stereocenters. The molecule has 2 aliphatic heterocycles. The molecule has 0 aliphatic carbocycles. The summed E-state index contributed by atoms with van der Waals surface area (Å²) in [6, 6.07) is 18.4. The van der Waals surface area contributed by atoms with Crippen molar-refractivity contribution in [1.29, 1.82) is 0 Å². The minimum Gasteiger partial charge on any atom is -0.383 e. The van der Waals surface area contributed by atoms with Crippen molar-refractivity contribution in [1.82, 2.24) is 15.2 Å². The molecule has 6 rings (SSSR count). The maximum Gasteiger partial charge on any atom is 0.332 e. The van der Waals surface area contributed by atoms with Gasteiger partial charge < -0.3 is 15.0 Å². The van der Waals surface area contributed by atoms with Gasteiger partial charge in [0.1, 0.15) is 17.9 Å². The highest BCUT2D eigenvalue weighted by Gasteiger charge is 2.53. The summed E-state index contributed by atoms with van der Waals surface area (Å²) < 4.78 is 18.8. The molecular weight excluding hydrogens is 487 g/mol. The number of halogens is 1. The van der Waals surface area contributed by atoms with Gasteiger partial charge in [0.05, 0.1) is 17.9 Å². The van der Waals surface area contributed by atoms with Crippen LogP contribution in [0.4, 0.5) is 14.9 Å². The van der Waals surface area contributed by atoms with E-state index in [4.69, 9.17) is 4.74 Å². The first-order valence-electron chi connectivity index (χ1n) is 12.4. The van der Waals surface area contributed by atoms with Crippen LogP contribution < -0.4 is 10.2 Å². The van der Waals surface area contributed by atoms with Crippen LogP contribution in [0.15, 0.2) is 72.8 Å². The number of urea groups is 1. The molecule has 1 saturated heterocycles. The molecule has 3 heterocycles. The SMILES string of the molecule is COCCNC(=O)c1ccccc1N1C(=O)[C@@H]2Cc3c([nH]c4ccccc34)[C@H](c3ccc(F)cc3)N2C1=O. The van der Waals surface area contributed by atoms with Gasteiger partial charge in [-0.05, 0) is 41.5 Å². The summed E-state index contributed by atoms with van der Waals surface area (Å²) in [7, 11) is 1.54. The van der Waals surface area contributed by atoms with Crippen molar-refractivity contribution >= 4 is 34.4 Å². The molecule has 3 aromatic carbocycles. The number of benzene rings is 3. The average molecular weight is 513 g/mol. The number of carbonyl (C=O) groups is 3. The van der Waals surface area contributed by atoms with Crippen molar-refractivity contribution in [2.24, 2.45) is 0 Å². The number of ether oxygens (including phenoxy) is 1. The molecule has 192 valence electrons. The van der Waals surface area contributed by atoms with E-state index >= 15 is 0 Å². The van der Waals surface area contributed by atoms with Gasteiger partial charge in [0.15, 0.2) is 0 Å². The van der Waals surface area contributed by atoms with Crippen LogP contribution in [-0.4, -0.2) is 54.0 Å². The van der Waals surface area contributed by atoms with Crippen molar-refractivity contribution in [2.45, 2.75) is 18.5 Å². The quantitative estimate of drug-likeness (QED) is 0.300. The van der Waals surface area contributed by atoms with E-state index in [2.05, 4.69) is 10.3 Å². The van der Waals surface area contributed by atoms with Gasteiger partial charge in [0.25, 0.3) is 11.8 Å². The minimum atomic E-state index is -0.783. The summed E-state index contributed by atoms with van der Waals surface area (Å²) in [6.45, 7) is 0.616. The van der Waals surface area contributed by atoms with Crippen molar-refractivity contribution < 1.29 is 23.5 Å². The molecule has 0 saturated carbocycles. The first kappa shape index (κ1) is 23.9. The summed E-state index contributed by atoms with van der Waals surface area (Å²) in [4.78, 5) is 47.0. The highest BCUT2D eigenvalue weighted by Crippen LogP contribution is 2.45. The van der Waals surface area contributed by atoms with Gasteiger partial charge in [0, 0.05) is 36.7 Å². The summed E-state index contributed by atoms with van der Waals surface area (Å²) in [5.41, 5.74) is 3.76. The number of aromatic nitrogens is 1. The molecule has 9 heteroatoms. The Bertz CT molecular complexity index is 1560. The number of nitrogens with one attached hydrogen (secondary N) is 2.